The molecule has 0 spiro atoms. The van der Waals surface area contributed by atoms with Crippen LogP contribution >= 0.6 is 9.24 Å². The lowest BCUT2D eigenvalue weighted by Gasteiger charge is -2.46. The lowest BCUT2D eigenvalue weighted by atomic mass is 9.60. The molecule has 0 aromatic heterocycles. The number of fused-ring (bicyclic) bond motifs is 1. The number of rotatable bonds is 0. The molecule has 0 bridgehead atoms. The van der Waals surface area contributed by atoms with Gasteiger partial charge in [-0.05, 0) is 46.8 Å². The van der Waals surface area contributed by atoms with E-state index in [0.29, 0.717) is 0 Å². The van der Waals surface area contributed by atoms with Crippen LogP contribution in [-0.4, -0.2) is 0 Å². The van der Waals surface area contributed by atoms with Crippen LogP contribution in [0, 0.1) is 22.9 Å². The average molecular weight is 141 g/mol. The van der Waals surface area contributed by atoms with E-state index in [2.05, 4.69) is 0 Å². The van der Waals surface area contributed by atoms with Crippen molar-refractivity contribution in [2.24, 2.45) is 11.8 Å². The van der Waals surface area contributed by atoms with E-state index in [1.807, 2.05) is 9.24 Å². The molecule has 9 heavy (non-hydrogen) atoms. The van der Waals surface area contributed by atoms with Gasteiger partial charge in [-0.2, -0.15) is 5.26 Å². The van der Waals surface area contributed by atoms with Crippen molar-refractivity contribution in [3.8, 4) is 5.81 Å². The van der Waals surface area contributed by atoms with Crippen LogP contribution in [0.5, 0.6) is 0 Å². The van der Waals surface area contributed by atoms with Gasteiger partial charge < -0.3 is 0 Å². The Kier molecular flexibility index (Phi) is 2.49. The van der Waals surface area contributed by atoms with Crippen molar-refractivity contribution in [2.45, 2.75) is 25.7 Å². The second kappa shape index (κ2) is 3.18. The van der Waals surface area contributed by atoms with E-state index in [9.17, 15) is 0 Å². The second-order valence-electron chi connectivity index (χ2n) is 2.80. The van der Waals surface area contributed by atoms with Crippen molar-refractivity contribution in [3.63, 3.8) is 0 Å². The fraction of sp³-hybridized carbons (Fsp3) is 0.857. The molecular weight excluding hydrogens is 129 g/mol. The summed E-state index contributed by atoms with van der Waals surface area (Å²) >= 11 is 0. The first-order chi connectivity index (χ1) is 4.38. The minimum atomic E-state index is 1.21. The Morgan fingerprint density at radius 1 is 1.11 bits per heavy atom. The maximum atomic E-state index is 7.28. The van der Waals surface area contributed by atoms with Gasteiger partial charge in [0.05, 0.1) is 5.81 Å². The van der Waals surface area contributed by atoms with Gasteiger partial charge in [0.2, 0.25) is 0 Å². The smallest absolute Gasteiger partial charge is 0.0804 e. The van der Waals surface area contributed by atoms with Gasteiger partial charge in [0.1, 0.15) is 0 Å². The van der Waals surface area contributed by atoms with Gasteiger partial charge >= 0.3 is 0 Å². The van der Waals surface area contributed by atoms with Gasteiger partial charge in [0.15, 0.2) is 0 Å². The van der Waals surface area contributed by atoms with Gasteiger partial charge in [-0.15, -0.1) is 0 Å². The fourth-order valence-electron chi connectivity index (χ4n) is 1.56. The third-order valence-electron chi connectivity index (χ3n) is 2.48. The lowest BCUT2D eigenvalue weighted by Crippen LogP contribution is -2.34. The normalized spacial score (nSPS) is 35.6. The molecule has 50 valence electrons. The molecule has 0 aromatic rings. The van der Waals surface area contributed by atoms with Gasteiger partial charge in [0.25, 0.3) is 0 Å². The third kappa shape index (κ3) is 1.43. The predicted octanol–water partition coefficient (Wildman–Crippen LogP) is 2.15. The lowest BCUT2D eigenvalue weighted by molar-refractivity contribution is 0.0548. The quantitative estimate of drug-likeness (QED) is 0.474. The Hall–Kier alpha value is -0.0800. The summed E-state index contributed by atoms with van der Waals surface area (Å²) in [6.07, 6.45) is 6.24. The minimum Gasteiger partial charge on any atom is -0.194 e. The topological polar surface area (TPSA) is 23.8 Å². The monoisotopic (exact) mass is 141 g/mol. The van der Waals surface area contributed by atoms with E-state index in [0.717, 1.165) is 0 Å². The van der Waals surface area contributed by atoms with Crippen molar-refractivity contribution in [2.75, 3.05) is 0 Å². The molecule has 1 nitrogen and oxygen atoms in total. The van der Waals surface area contributed by atoms with Crippen LogP contribution in [0.4, 0.5) is 0 Å². The van der Waals surface area contributed by atoms with Crippen LogP contribution < -0.4 is 0 Å². The molecular formula is C7H12NP. The van der Waals surface area contributed by atoms with E-state index < -0.39 is 0 Å². The maximum absolute atomic E-state index is 7.28. The number of nitriles is 1. The Bertz CT molecular complexity index is 109. The molecule has 2 fully saturated rings. The van der Waals surface area contributed by atoms with E-state index in [1.165, 1.54) is 11.8 Å². The summed E-state index contributed by atoms with van der Waals surface area (Å²) in [4.78, 5) is 0. The highest BCUT2D eigenvalue weighted by molar-refractivity contribution is 7.23. The summed E-state index contributed by atoms with van der Waals surface area (Å²) in [5, 5.41) is 7.28. The molecule has 0 aromatic carbocycles. The predicted molar refractivity (Wildman–Crippen MR) is 40.8 cm³/mol. The molecule has 0 saturated heterocycles. The number of hydrogen-bond donors (Lipinski definition) is 0. The van der Waals surface area contributed by atoms with Gasteiger partial charge in [-0.25, -0.2) is 0 Å². The maximum Gasteiger partial charge on any atom is 0.0804 e. The highest BCUT2D eigenvalue weighted by atomic mass is 31.0. The molecule has 2 aliphatic carbocycles. The molecule has 0 amide bonds. The highest BCUT2D eigenvalue weighted by Crippen LogP contribution is 2.49. The zero-order valence-electron chi connectivity index (χ0n) is 5.51. The van der Waals surface area contributed by atoms with Crippen molar-refractivity contribution < 1.29 is 0 Å². The van der Waals surface area contributed by atoms with E-state index in [-0.39, 0.29) is 0 Å². The summed E-state index contributed by atoms with van der Waals surface area (Å²) in [6.45, 7) is 0. The summed E-state index contributed by atoms with van der Waals surface area (Å²) in [6, 6.07) is 0. The second-order valence-corrected chi connectivity index (χ2v) is 3.06. The molecule has 0 N–H and O–H groups in total. The van der Waals surface area contributed by atoms with Crippen LogP contribution in [0.1, 0.15) is 25.7 Å². The molecule has 0 radical (unpaired) electrons. The first-order valence-electron chi connectivity index (χ1n) is 3.48. The van der Waals surface area contributed by atoms with Gasteiger partial charge in [-0.3, -0.25) is 0 Å². The van der Waals surface area contributed by atoms with Crippen molar-refractivity contribution in [1.29, 1.82) is 5.26 Å². The molecule has 2 heteroatoms. The van der Waals surface area contributed by atoms with E-state index in [4.69, 9.17) is 5.26 Å². The molecule has 1 atom stereocenters. The van der Waals surface area contributed by atoms with Crippen LogP contribution in [0.15, 0.2) is 0 Å². The first kappa shape index (κ1) is 7.03. The molecule has 0 heterocycles. The molecule has 1 unspecified atom stereocenters. The summed E-state index contributed by atoms with van der Waals surface area (Å²) in [7, 11) is 1.88. The molecule has 0 aliphatic heterocycles. The Morgan fingerprint density at radius 2 is 1.33 bits per heavy atom. The zero-order valence-corrected chi connectivity index (χ0v) is 6.66. The highest BCUT2D eigenvalue weighted by Gasteiger charge is 2.37. The minimum absolute atomic E-state index is 1.21. The number of nitrogens with zero attached hydrogens (tertiary/aromatic N) is 1. The Labute approximate surface area is 58.6 Å². The van der Waals surface area contributed by atoms with E-state index in [1.54, 1.807) is 31.5 Å². The largest absolute Gasteiger partial charge is 0.194 e. The van der Waals surface area contributed by atoms with Gasteiger partial charge in [-0.1, -0.05) is 0 Å². The number of hydrogen-bond acceptors (Lipinski definition) is 1. The molecule has 2 aliphatic rings. The summed E-state index contributed by atoms with van der Waals surface area (Å²) in [5.74, 6) is 4.09. The molecule has 2 rings (SSSR count). The molecule has 2 saturated carbocycles. The Balaban J connectivity index is 0.000000120. The van der Waals surface area contributed by atoms with Crippen LogP contribution in [-0.2, 0) is 0 Å². The van der Waals surface area contributed by atoms with Crippen LogP contribution in [0.25, 0.3) is 0 Å². The zero-order chi connectivity index (χ0) is 6.69. The third-order valence-corrected chi connectivity index (χ3v) is 2.48. The standard InChI is InChI=1S/C6H10.CH2NP/c1-2-6-4-3-5(1)6;2-1-3/h5-6H,1-4H2;3H2. The first-order valence-corrected chi connectivity index (χ1v) is 4.06. The van der Waals surface area contributed by atoms with Crippen molar-refractivity contribution in [3.05, 3.63) is 0 Å². The Morgan fingerprint density at radius 3 is 1.33 bits per heavy atom. The summed E-state index contributed by atoms with van der Waals surface area (Å²) in [5.41, 5.74) is 0. The van der Waals surface area contributed by atoms with Crippen molar-refractivity contribution >= 4 is 9.24 Å². The summed E-state index contributed by atoms with van der Waals surface area (Å²) < 4.78 is 0. The van der Waals surface area contributed by atoms with Crippen LogP contribution in [0.2, 0.25) is 0 Å². The SMILES string of the molecule is C1CC2CCC12.N#CP. The van der Waals surface area contributed by atoms with Crippen molar-refractivity contribution in [1.82, 2.24) is 0 Å². The fourth-order valence-corrected chi connectivity index (χ4v) is 1.56. The average Bonchev–Trinajstić information content (AvgIpc) is 1.81. The van der Waals surface area contributed by atoms with E-state index >= 15 is 0 Å². The van der Waals surface area contributed by atoms with Crippen LogP contribution in [0.3, 0.4) is 0 Å². The van der Waals surface area contributed by atoms with Gasteiger partial charge in [0, 0.05) is 0 Å².